The highest BCUT2D eigenvalue weighted by molar-refractivity contribution is 14.1. The molecule has 7 heteroatoms. The van der Waals surface area contributed by atoms with Crippen molar-refractivity contribution in [2.75, 3.05) is 13.7 Å². The summed E-state index contributed by atoms with van der Waals surface area (Å²) in [4.78, 5) is 15.8. The Morgan fingerprint density at radius 2 is 2.12 bits per heavy atom. The molecule has 2 N–H and O–H groups in total. The van der Waals surface area contributed by atoms with E-state index in [0.717, 1.165) is 26.5 Å². The smallest absolute Gasteiger partial charge is 0.261 e. The van der Waals surface area contributed by atoms with Crippen molar-refractivity contribution in [3.05, 3.63) is 62.9 Å². The Kier molecular flexibility index (Phi) is 8.17. The van der Waals surface area contributed by atoms with Crippen LogP contribution in [0.15, 0.2) is 48.2 Å². The van der Waals surface area contributed by atoms with Crippen LogP contribution in [0, 0.1) is 14.9 Å². The van der Waals surface area contributed by atoms with E-state index in [-0.39, 0.29) is 11.7 Å². The van der Waals surface area contributed by atoms with E-state index in [1.165, 1.54) is 0 Å². The van der Waals surface area contributed by atoms with Crippen LogP contribution in [0.4, 0.5) is 0 Å². The Balaban J connectivity index is 1.71. The van der Waals surface area contributed by atoms with E-state index in [2.05, 4.69) is 39.8 Å². The first-order valence-electron chi connectivity index (χ1n) is 10.5. The highest BCUT2D eigenvalue weighted by Gasteiger charge is 2.15. The number of methoxy groups -OCH3 is 1. The molecule has 0 saturated carbocycles. The van der Waals surface area contributed by atoms with E-state index in [9.17, 15) is 10.1 Å². The van der Waals surface area contributed by atoms with Crippen molar-refractivity contribution in [3.8, 4) is 17.6 Å². The maximum Gasteiger partial charge on any atom is 0.261 e. The van der Waals surface area contributed by atoms with Gasteiger partial charge in [0, 0.05) is 23.6 Å². The molecule has 0 spiro atoms. The van der Waals surface area contributed by atoms with Crippen LogP contribution in [0.25, 0.3) is 17.0 Å². The van der Waals surface area contributed by atoms with E-state index in [1.807, 2.05) is 49.5 Å². The molecule has 166 valence electrons. The minimum atomic E-state index is -0.402. The SMILES string of the molecule is CC[C@@H](C)Oc1c(I)cc(/C=C(/C#N)C(=O)NCCc2c[nH]c3ccccc23)cc1OC. The van der Waals surface area contributed by atoms with Crippen LogP contribution < -0.4 is 14.8 Å². The van der Waals surface area contributed by atoms with Crippen molar-refractivity contribution >= 4 is 45.5 Å². The molecule has 0 bridgehead atoms. The fraction of sp³-hybridized carbons (Fsp3) is 0.280. The van der Waals surface area contributed by atoms with Crippen molar-refractivity contribution in [1.29, 1.82) is 5.26 Å². The summed E-state index contributed by atoms with van der Waals surface area (Å²) in [6, 6.07) is 13.7. The van der Waals surface area contributed by atoms with Crippen molar-refractivity contribution in [3.63, 3.8) is 0 Å². The number of fused-ring (bicyclic) bond motifs is 1. The largest absolute Gasteiger partial charge is 0.493 e. The number of amides is 1. The van der Waals surface area contributed by atoms with E-state index >= 15 is 0 Å². The van der Waals surface area contributed by atoms with Crippen LogP contribution in [0.5, 0.6) is 11.5 Å². The Morgan fingerprint density at radius 1 is 1.34 bits per heavy atom. The summed E-state index contributed by atoms with van der Waals surface area (Å²) < 4.78 is 12.3. The topological polar surface area (TPSA) is 87.1 Å². The third kappa shape index (κ3) is 5.62. The quantitative estimate of drug-likeness (QED) is 0.220. The number of nitriles is 1. The standard InChI is InChI=1S/C25H26IN3O3/c1-4-16(2)32-24-21(26)12-17(13-23(24)31-3)11-19(14-27)25(30)28-10-9-18-15-29-22-8-6-5-7-20(18)22/h5-8,11-13,15-16,29H,4,9-10H2,1-3H3,(H,28,30)/b19-11-/t16-/m1/s1. The van der Waals surface area contributed by atoms with Crippen molar-refractivity contribution in [2.24, 2.45) is 0 Å². The van der Waals surface area contributed by atoms with Crippen LogP contribution in [0.3, 0.4) is 0 Å². The van der Waals surface area contributed by atoms with Gasteiger partial charge in [0.2, 0.25) is 0 Å². The van der Waals surface area contributed by atoms with Crippen LogP contribution >= 0.6 is 22.6 Å². The minimum absolute atomic E-state index is 0.0392. The molecule has 0 aliphatic heterocycles. The molecule has 32 heavy (non-hydrogen) atoms. The van der Waals surface area contributed by atoms with E-state index in [0.29, 0.717) is 30.0 Å². The number of nitrogens with zero attached hydrogens (tertiary/aromatic N) is 1. The number of aromatic amines is 1. The van der Waals surface area contributed by atoms with Gasteiger partial charge < -0.3 is 19.8 Å². The Morgan fingerprint density at radius 3 is 2.84 bits per heavy atom. The van der Waals surface area contributed by atoms with Crippen LogP contribution in [-0.2, 0) is 11.2 Å². The molecular formula is C25H26IN3O3. The fourth-order valence-corrected chi connectivity index (χ4v) is 4.03. The lowest BCUT2D eigenvalue weighted by Crippen LogP contribution is -2.26. The van der Waals surface area contributed by atoms with E-state index in [1.54, 1.807) is 19.3 Å². The van der Waals surface area contributed by atoms with Gasteiger partial charge in [-0.05, 0) is 77.8 Å². The highest BCUT2D eigenvalue weighted by Crippen LogP contribution is 2.35. The van der Waals surface area contributed by atoms with Gasteiger partial charge in [0.1, 0.15) is 11.6 Å². The van der Waals surface area contributed by atoms with Crippen LogP contribution in [0.1, 0.15) is 31.4 Å². The van der Waals surface area contributed by atoms with Gasteiger partial charge in [-0.2, -0.15) is 5.26 Å². The maximum atomic E-state index is 12.6. The number of carbonyl (C=O) groups excluding carboxylic acids is 1. The number of rotatable bonds is 9. The number of aromatic nitrogens is 1. The number of H-pyrrole nitrogens is 1. The van der Waals surface area contributed by atoms with Gasteiger partial charge in [-0.25, -0.2) is 0 Å². The molecule has 0 unspecified atom stereocenters. The average Bonchev–Trinajstić information content (AvgIpc) is 3.21. The molecule has 0 saturated heterocycles. The van der Waals surface area contributed by atoms with Gasteiger partial charge in [-0.15, -0.1) is 0 Å². The lowest BCUT2D eigenvalue weighted by Gasteiger charge is -2.17. The number of hydrogen-bond donors (Lipinski definition) is 2. The molecule has 2 aromatic carbocycles. The summed E-state index contributed by atoms with van der Waals surface area (Å²) >= 11 is 2.18. The molecule has 0 fully saturated rings. The number of hydrogen-bond acceptors (Lipinski definition) is 4. The zero-order valence-electron chi connectivity index (χ0n) is 18.4. The molecular weight excluding hydrogens is 517 g/mol. The molecule has 1 atom stereocenters. The maximum absolute atomic E-state index is 12.6. The first kappa shape index (κ1) is 23.7. The molecule has 0 radical (unpaired) electrons. The predicted octanol–water partition coefficient (Wildman–Crippen LogP) is 5.22. The minimum Gasteiger partial charge on any atom is -0.493 e. The third-order valence-corrected chi connectivity index (χ3v) is 5.98. The summed E-state index contributed by atoms with van der Waals surface area (Å²) in [5.74, 6) is 0.836. The summed E-state index contributed by atoms with van der Waals surface area (Å²) in [6.45, 7) is 4.48. The van der Waals surface area contributed by atoms with Crippen molar-refractivity contribution < 1.29 is 14.3 Å². The number of ether oxygens (including phenoxy) is 2. The van der Waals surface area contributed by atoms with E-state index < -0.39 is 5.91 Å². The second kappa shape index (κ2) is 11.0. The van der Waals surface area contributed by atoms with Gasteiger partial charge in [0.15, 0.2) is 11.5 Å². The Labute approximate surface area is 201 Å². The average molecular weight is 543 g/mol. The number of carbonyl (C=O) groups is 1. The first-order valence-corrected chi connectivity index (χ1v) is 11.5. The van der Waals surface area contributed by atoms with Gasteiger partial charge in [-0.3, -0.25) is 4.79 Å². The summed E-state index contributed by atoms with van der Waals surface area (Å²) in [5, 5.41) is 13.5. The molecule has 6 nitrogen and oxygen atoms in total. The molecule has 0 aliphatic carbocycles. The third-order valence-electron chi connectivity index (χ3n) is 5.18. The molecule has 0 aliphatic rings. The summed E-state index contributed by atoms with van der Waals surface area (Å²) in [6.07, 6.45) is 5.12. The Bertz CT molecular complexity index is 1180. The lowest BCUT2D eigenvalue weighted by molar-refractivity contribution is -0.117. The fourth-order valence-electron chi connectivity index (χ4n) is 3.28. The first-order chi connectivity index (χ1) is 15.5. The van der Waals surface area contributed by atoms with Gasteiger partial charge in [0.25, 0.3) is 5.91 Å². The molecule has 1 amide bonds. The normalized spacial score (nSPS) is 12.3. The molecule has 3 rings (SSSR count). The van der Waals surface area contributed by atoms with Crippen molar-refractivity contribution in [2.45, 2.75) is 32.8 Å². The molecule has 1 aromatic heterocycles. The second-order valence-corrected chi connectivity index (χ2v) is 8.57. The zero-order valence-corrected chi connectivity index (χ0v) is 20.5. The van der Waals surface area contributed by atoms with Gasteiger partial charge >= 0.3 is 0 Å². The zero-order chi connectivity index (χ0) is 23.1. The number of benzene rings is 2. The highest BCUT2D eigenvalue weighted by atomic mass is 127. The molecule has 1 heterocycles. The number of halogens is 1. The number of nitrogens with one attached hydrogen (secondary N) is 2. The van der Waals surface area contributed by atoms with E-state index in [4.69, 9.17) is 9.47 Å². The van der Waals surface area contributed by atoms with Crippen molar-refractivity contribution in [1.82, 2.24) is 10.3 Å². The summed E-state index contributed by atoms with van der Waals surface area (Å²) in [5.41, 5.74) is 2.93. The second-order valence-electron chi connectivity index (χ2n) is 7.41. The Hall–Kier alpha value is -2.99. The van der Waals surface area contributed by atoms with Gasteiger partial charge in [-0.1, -0.05) is 25.1 Å². The van der Waals surface area contributed by atoms with Crippen LogP contribution in [0.2, 0.25) is 0 Å². The predicted molar refractivity (Wildman–Crippen MR) is 135 cm³/mol. The lowest BCUT2D eigenvalue weighted by atomic mass is 10.1. The summed E-state index contributed by atoms with van der Waals surface area (Å²) in [7, 11) is 1.57. The van der Waals surface area contributed by atoms with Gasteiger partial charge in [0.05, 0.1) is 16.8 Å². The van der Waals surface area contributed by atoms with Crippen LogP contribution in [-0.4, -0.2) is 30.6 Å². The number of para-hydroxylation sites is 1. The monoisotopic (exact) mass is 543 g/mol. The molecule has 3 aromatic rings.